The lowest BCUT2D eigenvalue weighted by molar-refractivity contribution is 0.311. The van der Waals surface area contributed by atoms with E-state index in [4.69, 9.17) is 0 Å². The number of hydrogen-bond acceptors (Lipinski definition) is 5. The topological polar surface area (TPSA) is 31.4 Å². The van der Waals surface area contributed by atoms with Gasteiger partial charge in [-0.25, -0.2) is 9.37 Å². The van der Waals surface area contributed by atoms with Crippen LogP contribution in [0.25, 0.3) is 0 Å². The summed E-state index contributed by atoms with van der Waals surface area (Å²) < 4.78 is 14.6. The van der Waals surface area contributed by atoms with Gasteiger partial charge < -0.3 is 15.1 Å². The first-order valence-electron chi connectivity index (χ1n) is 8.40. The lowest BCUT2D eigenvalue weighted by Crippen LogP contribution is -2.44. The lowest BCUT2D eigenvalue weighted by Gasteiger charge is -2.34. The molecule has 130 valence electrons. The third kappa shape index (κ3) is 4.12. The van der Waals surface area contributed by atoms with Crippen molar-refractivity contribution in [1.29, 1.82) is 0 Å². The van der Waals surface area contributed by atoms with Gasteiger partial charge in [-0.2, -0.15) is 0 Å². The molecule has 2 aromatic rings. The number of aryl methyl sites for hydroxylation is 1. The van der Waals surface area contributed by atoms with Crippen molar-refractivity contribution in [3.05, 3.63) is 45.7 Å². The first-order chi connectivity index (χ1) is 11.5. The third-order valence-corrected chi connectivity index (χ3v) is 5.39. The van der Waals surface area contributed by atoms with Crippen molar-refractivity contribution in [2.45, 2.75) is 26.4 Å². The Morgan fingerprint density at radius 1 is 1.29 bits per heavy atom. The molecular formula is C18H25FN4S. The molecule has 1 atom stereocenters. The van der Waals surface area contributed by atoms with Crippen LogP contribution < -0.4 is 10.2 Å². The van der Waals surface area contributed by atoms with E-state index in [9.17, 15) is 4.39 Å². The number of rotatable bonds is 5. The van der Waals surface area contributed by atoms with Crippen LogP contribution in [0.1, 0.15) is 29.2 Å². The predicted molar refractivity (Wildman–Crippen MR) is 98.2 cm³/mol. The zero-order valence-electron chi connectivity index (χ0n) is 14.6. The largest absolute Gasteiger partial charge is 0.367 e. The van der Waals surface area contributed by atoms with Crippen LogP contribution in [0.2, 0.25) is 0 Å². The number of halogens is 1. The minimum absolute atomic E-state index is 0.0862. The Morgan fingerprint density at radius 3 is 2.67 bits per heavy atom. The molecule has 1 saturated heterocycles. The summed E-state index contributed by atoms with van der Waals surface area (Å²) in [5.41, 5.74) is 2.73. The van der Waals surface area contributed by atoms with Crippen LogP contribution >= 0.6 is 11.3 Å². The van der Waals surface area contributed by atoms with E-state index in [1.807, 2.05) is 19.1 Å². The molecule has 1 N–H and O–H groups in total. The van der Waals surface area contributed by atoms with E-state index in [1.165, 1.54) is 0 Å². The van der Waals surface area contributed by atoms with Gasteiger partial charge in [-0.3, -0.25) is 0 Å². The number of hydrogen-bond donors (Lipinski definition) is 1. The van der Waals surface area contributed by atoms with Gasteiger partial charge in [-0.1, -0.05) is 6.07 Å². The van der Waals surface area contributed by atoms with Crippen LogP contribution in [-0.4, -0.2) is 43.1 Å². The van der Waals surface area contributed by atoms with E-state index in [0.717, 1.165) is 42.4 Å². The summed E-state index contributed by atoms with van der Waals surface area (Å²) in [6.45, 7) is 8.48. The molecule has 0 bridgehead atoms. The fourth-order valence-electron chi connectivity index (χ4n) is 2.96. The highest BCUT2D eigenvalue weighted by atomic mass is 32.1. The second-order valence-corrected chi connectivity index (χ2v) is 7.52. The number of piperazine rings is 1. The maximum atomic E-state index is 14.6. The fourth-order valence-corrected chi connectivity index (χ4v) is 3.57. The molecule has 1 aromatic carbocycles. The van der Waals surface area contributed by atoms with Crippen molar-refractivity contribution in [3.8, 4) is 0 Å². The SMILES string of the molecule is Cc1nc(CNC(C)c2ccc(N3CCN(C)CC3)c(F)c2)cs1. The average molecular weight is 348 g/mol. The quantitative estimate of drug-likeness (QED) is 0.899. The van der Waals surface area contributed by atoms with Crippen LogP contribution in [0.4, 0.5) is 10.1 Å². The molecule has 0 radical (unpaired) electrons. The fraction of sp³-hybridized carbons (Fsp3) is 0.500. The average Bonchev–Trinajstić information content (AvgIpc) is 2.99. The number of likely N-dealkylation sites (N-methyl/N-ethyl adjacent to an activating group) is 1. The van der Waals surface area contributed by atoms with Gasteiger partial charge >= 0.3 is 0 Å². The Balaban J connectivity index is 1.63. The second kappa shape index (κ2) is 7.59. The van der Waals surface area contributed by atoms with E-state index in [0.29, 0.717) is 12.2 Å². The highest BCUT2D eigenvalue weighted by molar-refractivity contribution is 7.09. The summed E-state index contributed by atoms with van der Waals surface area (Å²) in [5, 5.41) is 6.55. The minimum atomic E-state index is -0.129. The molecule has 2 heterocycles. The van der Waals surface area contributed by atoms with E-state index in [1.54, 1.807) is 17.4 Å². The van der Waals surface area contributed by atoms with Gasteiger partial charge in [0, 0.05) is 44.1 Å². The zero-order valence-corrected chi connectivity index (χ0v) is 15.4. The van der Waals surface area contributed by atoms with E-state index >= 15 is 0 Å². The van der Waals surface area contributed by atoms with Crippen molar-refractivity contribution in [2.75, 3.05) is 38.1 Å². The Bertz CT molecular complexity index is 679. The van der Waals surface area contributed by atoms with Crippen molar-refractivity contribution < 1.29 is 4.39 Å². The molecule has 3 rings (SSSR count). The number of anilines is 1. The maximum Gasteiger partial charge on any atom is 0.146 e. The predicted octanol–water partition coefficient (Wildman–Crippen LogP) is 3.19. The van der Waals surface area contributed by atoms with Crippen LogP contribution in [0.5, 0.6) is 0 Å². The summed E-state index contributed by atoms with van der Waals surface area (Å²) in [5.74, 6) is -0.129. The van der Waals surface area contributed by atoms with Crippen molar-refractivity contribution in [3.63, 3.8) is 0 Å². The van der Waals surface area contributed by atoms with Gasteiger partial charge in [0.15, 0.2) is 0 Å². The first kappa shape index (κ1) is 17.3. The molecule has 1 aliphatic rings. The Hall–Kier alpha value is -1.50. The van der Waals surface area contributed by atoms with E-state index in [2.05, 4.69) is 39.5 Å². The maximum absolute atomic E-state index is 14.6. The van der Waals surface area contributed by atoms with Gasteiger partial charge in [0.1, 0.15) is 5.82 Å². The normalized spacial score (nSPS) is 17.2. The van der Waals surface area contributed by atoms with E-state index < -0.39 is 0 Å². The smallest absolute Gasteiger partial charge is 0.146 e. The number of benzene rings is 1. The van der Waals surface area contributed by atoms with Crippen LogP contribution in [0, 0.1) is 12.7 Å². The van der Waals surface area contributed by atoms with Gasteiger partial charge in [0.2, 0.25) is 0 Å². The standard InChI is InChI=1S/C18H25FN4S/c1-13(20-11-16-12-24-14(2)21-16)15-4-5-18(17(19)10-15)23-8-6-22(3)7-9-23/h4-5,10,12-13,20H,6-9,11H2,1-3H3. The van der Waals surface area contributed by atoms with Gasteiger partial charge in [-0.05, 0) is 38.6 Å². The van der Waals surface area contributed by atoms with Crippen LogP contribution in [0.3, 0.4) is 0 Å². The summed E-state index contributed by atoms with van der Waals surface area (Å²) in [6, 6.07) is 5.70. The summed E-state index contributed by atoms with van der Waals surface area (Å²) in [7, 11) is 2.11. The number of nitrogens with zero attached hydrogens (tertiary/aromatic N) is 3. The minimum Gasteiger partial charge on any atom is -0.367 e. The van der Waals surface area contributed by atoms with Crippen LogP contribution in [-0.2, 0) is 6.54 Å². The Morgan fingerprint density at radius 2 is 2.04 bits per heavy atom. The number of thiazole rings is 1. The molecule has 6 heteroatoms. The number of aromatic nitrogens is 1. The summed E-state index contributed by atoms with van der Waals surface area (Å²) >= 11 is 1.65. The van der Waals surface area contributed by atoms with Gasteiger partial charge in [0.25, 0.3) is 0 Å². The molecule has 0 amide bonds. The van der Waals surface area contributed by atoms with E-state index in [-0.39, 0.29) is 11.9 Å². The molecule has 0 spiro atoms. The molecule has 1 aromatic heterocycles. The zero-order chi connectivity index (χ0) is 17.1. The summed E-state index contributed by atoms with van der Waals surface area (Å²) in [4.78, 5) is 8.85. The highest BCUT2D eigenvalue weighted by Crippen LogP contribution is 2.24. The van der Waals surface area contributed by atoms with Crippen LogP contribution in [0.15, 0.2) is 23.6 Å². The summed E-state index contributed by atoms with van der Waals surface area (Å²) in [6.07, 6.45) is 0. The molecule has 1 aliphatic heterocycles. The first-order valence-corrected chi connectivity index (χ1v) is 9.28. The molecule has 1 fully saturated rings. The second-order valence-electron chi connectivity index (χ2n) is 6.46. The highest BCUT2D eigenvalue weighted by Gasteiger charge is 2.18. The lowest BCUT2D eigenvalue weighted by atomic mass is 10.1. The molecule has 0 saturated carbocycles. The Kier molecular flexibility index (Phi) is 5.48. The Labute approximate surface area is 147 Å². The van der Waals surface area contributed by atoms with Crippen molar-refractivity contribution >= 4 is 17.0 Å². The number of nitrogens with one attached hydrogen (secondary N) is 1. The molecule has 24 heavy (non-hydrogen) atoms. The molecule has 1 unspecified atom stereocenters. The molecule has 4 nitrogen and oxygen atoms in total. The van der Waals surface area contributed by atoms with Gasteiger partial charge in [0.05, 0.1) is 16.4 Å². The van der Waals surface area contributed by atoms with Crippen molar-refractivity contribution in [1.82, 2.24) is 15.2 Å². The van der Waals surface area contributed by atoms with Gasteiger partial charge in [-0.15, -0.1) is 11.3 Å². The molecular weight excluding hydrogens is 323 g/mol. The van der Waals surface area contributed by atoms with Crippen molar-refractivity contribution in [2.24, 2.45) is 0 Å². The molecule has 0 aliphatic carbocycles. The third-order valence-electron chi connectivity index (χ3n) is 4.57. The monoisotopic (exact) mass is 348 g/mol.